The molecule has 0 aromatic carbocycles. The average molecular weight is 201 g/mol. The summed E-state index contributed by atoms with van der Waals surface area (Å²) in [7, 11) is 1.74. The van der Waals surface area contributed by atoms with Crippen molar-refractivity contribution in [2.45, 2.75) is 44.8 Å². The van der Waals surface area contributed by atoms with Crippen molar-refractivity contribution in [3.05, 3.63) is 0 Å². The zero-order valence-electron chi connectivity index (χ0n) is 9.37. The maximum absolute atomic E-state index is 6.15. The number of methoxy groups -OCH3 is 1. The lowest BCUT2D eigenvalue weighted by molar-refractivity contribution is 0.0793. The minimum absolute atomic E-state index is 0.289. The van der Waals surface area contributed by atoms with Crippen molar-refractivity contribution >= 4 is 0 Å². The first-order chi connectivity index (χ1) is 6.79. The van der Waals surface area contributed by atoms with Crippen LogP contribution in [-0.4, -0.2) is 32.5 Å². The molecule has 2 N–H and O–H groups in total. The molecule has 1 rings (SSSR count). The van der Waals surface area contributed by atoms with E-state index in [0.717, 1.165) is 38.9 Å². The highest BCUT2D eigenvalue weighted by Crippen LogP contribution is 2.27. The molecule has 3 nitrogen and oxygen atoms in total. The first kappa shape index (κ1) is 12.0. The molecule has 0 amide bonds. The van der Waals surface area contributed by atoms with Gasteiger partial charge < -0.3 is 15.2 Å². The molecule has 0 spiro atoms. The largest absolute Gasteiger partial charge is 0.385 e. The Kier molecular flexibility index (Phi) is 5.45. The number of hydrogen-bond donors (Lipinski definition) is 1. The van der Waals surface area contributed by atoms with Gasteiger partial charge >= 0.3 is 0 Å². The summed E-state index contributed by atoms with van der Waals surface area (Å²) < 4.78 is 10.7. The van der Waals surface area contributed by atoms with Crippen molar-refractivity contribution in [1.82, 2.24) is 0 Å². The summed E-state index contributed by atoms with van der Waals surface area (Å²) in [5.41, 5.74) is 6.15. The van der Waals surface area contributed by atoms with E-state index in [1.165, 1.54) is 0 Å². The molecule has 1 saturated heterocycles. The molecular formula is C11H23NO2. The first-order valence-electron chi connectivity index (χ1n) is 5.65. The van der Waals surface area contributed by atoms with Crippen LogP contribution in [0.1, 0.15) is 32.6 Å². The van der Waals surface area contributed by atoms with Gasteiger partial charge in [0, 0.05) is 32.3 Å². The number of ether oxygens (including phenoxy) is 2. The Hall–Kier alpha value is -0.120. The highest BCUT2D eigenvalue weighted by Gasteiger charge is 2.31. The standard InChI is InChI=1S/C11H23NO2/c1-3-11-9(6-8-14-11)10(12)5-4-7-13-2/h9-11H,3-8,12H2,1-2H3. The molecule has 1 aliphatic rings. The number of nitrogens with two attached hydrogens (primary N) is 1. The number of rotatable bonds is 6. The average Bonchev–Trinajstić information content (AvgIpc) is 2.65. The summed E-state index contributed by atoms with van der Waals surface area (Å²) in [6, 6.07) is 0.289. The van der Waals surface area contributed by atoms with E-state index in [1.807, 2.05) is 0 Å². The normalized spacial score (nSPS) is 29.4. The number of hydrogen-bond acceptors (Lipinski definition) is 3. The summed E-state index contributed by atoms with van der Waals surface area (Å²) in [4.78, 5) is 0. The van der Waals surface area contributed by atoms with E-state index in [4.69, 9.17) is 15.2 Å². The van der Waals surface area contributed by atoms with Gasteiger partial charge in [-0.1, -0.05) is 6.92 Å². The van der Waals surface area contributed by atoms with Gasteiger partial charge in [-0.3, -0.25) is 0 Å². The van der Waals surface area contributed by atoms with E-state index in [1.54, 1.807) is 7.11 Å². The SMILES string of the molecule is CCC1OCCC1C(N)CCCOC. The Balaban J connectivity index is 2.24. The molecule has 0 saturated carbocycles. The third-order valence-corrected chi connectivity index (χ3v) is 3.10. The molecule has 1 heterocycles. The van der Waals surface area contributed by atoms with Crippen molar-refractivity contribution in [2.24, 2.45) is 11.7 Å². The molecule has 1 aliphatic heterocycles. The van der Waals surface area contributed by atoms with Crippen LogP contribution in [-0.2, 0) is 9.47 Å². The molecule has 0 radical (unpaired) electrons. The molecule has 14 heavy (non-hydrogen) atoms. The Bertz CT molecular complexity index is 152. The van der Waals surface area contributed by atoms with Crippen LogP contribution in [0.4, 0.5) is 0 Å². The van der Waals surface area contributed by atoms with Crippen molar-refractivity contribution < 1.29 is 9.47 Å². The van der Waals surface area contributed by atoms with Gasteiger partial charge in [-0.05, 0) is 25.7 Å². The van der Waals surface area contributed by atoms with Gasteiger partial charge in [0.1, 0.15) is 0 Å². The second-order valence-corrected chi connectivity index (χ2v) is 4.07. The van der Waals surface area contributed by atoms with E-state index in [9.17, 15) is 0 Å². The second-order valence-electron chi connectivity index (χ2n) is 4.07. The lowest BCUT2D eigenvalue weighted by atomic mass is 9.89. The van der Waals surface area contributed by atoms with Gasteiger partial charge in [-0.15, -0.1) is 0 Å². The minimum Gasteiger partial charge on any atom is -0.385 e. The zero-order chi connectivity index (χ0) is 10.4. The van der Waals surface area contributed by atoms with Gasteiger partial charge in [0.15, 0.2) is 0 Å². The van der Waals surface area contributed by atoms with Crippen molar-refractivity contribution in [1.29, 1.82) is 0 Å². The molecule has 0 bridgehead atoms. The van der Waals surface area contributed by atoms with Gasteiger partial charge in [0.25, 0.3) is 0 Å². The van der Waals surface area contributed by atoms with Crippen LogP contribution in [0.2, 0.25) is 0 Å². The lowest BCUT2D eigenvalue weighted by Crippen LogP contribution is -2.35. The Morgan fingerprint density at radius 3 is 3.00 bits per heavy atom. The van der Waals surface area contributed by atoms with Crippen molar-refractivity contribution in [2.75, 3.05) is 20.3 Å². The Labute approximate surface area is 86.9 Å². The molecule has 3 heteroatoms. The molecular weight excluding hydrogens is 178 g/mol. The molecule has 3 unspecified atom stereocenters. The fourth-order valence-corrected chi connectivity index (χ4v) is 2.25. The van der Waals surface area contributed by atoms with E-state index < -0.39 is 0 Å². The predicted octanol–water partition coefficient (Wildman–Crippen LogP) is 1.56. The molecule has 1 fully saturated rings. The first-order valence-corrected chi connectivity index (χ1v) is 5.65. The van der Waals surface area contributed by atoms with E-state index in [2.05, 4.69) is 6.92 Å². The van der Waals surface area contributed by atoms with Crippen LogP contribution in [0.15, 0.2) is 0 Å². The van der Waals surface area contributed by atoms with Crippen LogP contribution >= 0.6 is 0 Å². The fraction of sp³-hybridized carbons (Fsp3) is 1.00. The van der Waals surface area contributed by atoms with Gasteiger partial charge in [0.05, 0.1) is 6.10 Å². The van der Waals surface area contributed by atoms with Crippen molar-refractivity contribution in [3.63, 3.8) is 0 Å². The van der Waals surface area contributed by atoms with Crippen LogP contribution in [0, 0.1) is 5.92 Å². The monoisotopic (exact) mass is 201 g/mol. The van der Waals surface area contributed by atoms with Gasteiger partial charge in [-0.25, -0.2) is 0 Å². The van der Waals surface area contributed by atoms with E-state index >= 15 is 0 Å². The van der Waals surface area contributed by atoms with Crippen LogP contribution in [0.25, 0.3) is 0 Å². The summed E-state index contributed by atoms with van der Waals surface area (Å²) in [6.45, 7) is 3.88. The predicted molar refractivity (Wildman–Crippen MR) is 57.2 cm³/mol. The summed E-state index contributed by atoms with van der Waals surface area (Å²) >= 11 is 0. The minimum atomic E-state index is 0.289. The molecule has 84 valence electrons. The van der Waals surface area contributed by atoms with Crippen molar-refractivity contribution in [3.8, 4) is 0 Å². The maximum Gasteiger partial charge on any atom is 0.0616 e. The summed E-state index contributed by atoms with van der Waals surface area (Å²) in [6.07, 6.45) is 4.73. The topological polar surface area (TPSA) is 44.5 Å². The maximum atomic E-state index is 6.15. The zero-order valence-corrected chi connectivity index (χ0v) is 9.37. The summed E-state index contributed by atoms with van der Waals surface area (Å²) in [5, 5.41) is 0. The Morgan fingerprint density at radius 2 is 2.36 bits per heavy atom. The fourth-order valence-electron chi connectivity index (χ4n) is 2.25. The van der Waals surface area contributed by atoms with E-state index in [0.29, 0.717) is 12.0 Å². The molecule has 0 aliphatic carbocycles. The molecule has 0 aromatic heterocycles. The highest BCUT2D eigenvalue weighted by atomic mass is 16.5. The van der Waals surface area contributed by atoms with Crippen LogP contribution in [0.5, 0.6) is 0 Å². The lowest BCUT2D eigenvalue weighted by Gasteiger charge is -2.23. The van der Waals surface area contributed by atoms with E-state index in [-0.39, 0.29) is 6.04 Å². The smallest absolute Gasteiger partial charge is 0.0616 e. The molecule has 3 atom stereocenters. The van der Waals surface area contributed by atoms with Gasteiger partial charge in [-0.2, -0.15) is 0 Å². The third-order valence-electron chi connectivity index (χ3n) is 3.10. The third kappa shape index (κ3) is 3.23. The van der Waals surface area contributed by atoms with Crippen LogP contribution < -0.4 is 5.73 Å². The van der Waals surface area contributed by atoms with Gasteiger partial charge in [0.2, 0.25) is 0 Å². The molecule has 0 aromatic rings. The Morgan fingerprint density at radius 1 is 1.57 bits per heavy atom. The summed E-state index contributed by atoms with van der Waals surface area (Å²) in [5.74, 6) is 0.567. The highest BCUT2D eigenvalue weighted by molar-refractivity contribution is 4.83. The quantitative estimate of drug-likeness (QED) is 0.663. The second kappa shape index (κ2) is 6.38. The van der Waals surface area contributed by atoms with Crippen LogP contribution in [0.3, 0.4) is 0 Å².